The van der Waals surface area contributed by atoms with Gasteiger partial charge in [-0.1, -0.05) is 12.2 Å². The van der Waals surface area contributed by atoms with Crippen LogP contribution in [0.2, 0.25) is 0 Å². The van der Waals surface area contributed by atoms with Gasteiger partial charge >= 0.3 is 5.97 Å². The van der Waals surface area contributed by atoms with E-state index >= 15 is 0 Å². The number of hydrogen-bond acceptors (Lipinski definition) is 3. The second-order valence-corrected chi connectivity index (χ2v) is 6.48. The van der Waals surface area contributed by atoms with Gasteiger partial charge in [-0.15, -0.1) is 0 Å². The molecule has 1 aliphatic heterocycles. The fourth-order valence-corrected chi connectivity index (χ4v) is 4.15. The SMILES string of the molecule is CC1CN(C)CCN1C(=O)[C@H]1C2C=CC(C2)[C@H]1C(=O)O. The summed E-state index contributed by atoms with van der Waals surface area (Å²) in [7, 11) is 2.05. The first-order valence-corrected chi connectivity index (χ1v) is 7.39. The topological polar surface area (TPSA) is 60.9 Å². The van der Waals surface area contributed by atoms with E-state index in [1.807, 2.05) is 24.0 Å². The van der Waals surface area contributed by atoms with Gasteiger partial charge < -0.3 is 14.9 Å². The number of carboxylic acid groups (broad SMARTS) is 1. The number of rotatable bonds is 2. The Morgan fingerprint density at radius 2 is 1.80 bits per heavy atom. The van der Waals surface area contributed by atoms with Crippen LogP contribution in [0.1, 0.15) is 13.3 Å². The largest absolute Gasteiger partial charge is 0.481 e. The molecule has 3 rings (SSSR count). The average molecular weight is 278 g/mol. The van der Waals surface area contributed by atoms with Crippen molar-refractivity contribution < 1.29 is 14.7 Å². The van der Waals surface area contributed by atoms with Gasteiger partial charge in [0, 0.05) is 25.7 Å². The molecule has 1 saturated carbocycles. The summed E-state index contributed by atoms with van der Waals surface area (Å²) in [5, 5.41) is 9.45. The third kappa shape index (κ3) is 2.04. The number of nitrogens with zero attached hydrogens (tertiary/aromatic N) is 2. The molecule has 1 N–H and O–H groups in total. The molecule has 1 saturated heterocycles. The standard InChI is InChI=1S/C15H22N2O3/c1-9-8-16(2)5-6-17(9)14(18)12-10-3-4-11(7-10)13(12)15(19)20/h3-4,9-13H,5-8H2,1-2H3,(H,19,20)/t9?,10?,11?,12-,13+/m0/s1. The number of carbonyl (C=O) groups excluding carboxylic acids is 1. The molecule has 0 radical (unpaired) electrons. The highest BCUT2D eigenvalue weighted by Gasteiger charge is 2.53. The van der Waals surface area contributed by atoms with E-state index in [0.717, 1.165) is 19.5 Å². The molecule has 20 heavy (non-hydrogen) atoms. The minimum atomic E-state index is -0.818. The number of fused-ring (bicyclic) bond motifs is 2. The Balaban J connectivity index is 1.79. The van der Waals surface area contributed by atoms with Crippen LogP contribution in [0.15, 0.2) is 12.2 Å². The highest BCUT2D eigenvalue weighted by atomic mass is 16.4. The highest BCUT2D eigenvalue weighted by molar-refractivity contribution is 5.87. The molecule has 2 bridgehead atoms. The third-order valence-electron chi connectivity index (χ3n) is 5.14. The molecule has 2 fully saturated rings. The van der Waals surface area contributed by atoms with Crippen molar-refractivity contribution in [1.82, 2.24) is 9.80 Å². The monoisotopic (exact) mass is 278 g/mol. The summed E-state index contributed by atoms with van der Waals surface area (Å²) in [5.41, 5.74) is 0. The summed E-state index contributed by atoms with van der Waals surface area (Å²) < 4.78 is 0. The van der Waals surface area contributed by atoms with Crippen LogP contribution in [0.25, 0.3) is 0 Å². The Labute approximate surface area is 119 Å². The summed E-state index contributed by atoms with van der Waals surface area (Å²) in [6.07, 6.45) is 4.86. The van der Waals surface area contributed by atoms with E-state index in [2.05, 4.69) is 11.9 Å². The predicted octanol–water partition coefficient (Wildman–Crippen LogP) is 0.672. The molecule has 0 spiro atoms. The number of likely N-dealkylation sites (N-methyl/N-ethyl adjacent to an activating group) is 1. The molecular formula is C15H22N2O3. The number of carboxylic acids is 1. The van der Waals surface area contributed by atoms with Gasteiger partial charge in [-0.25, -0.2) is 0 Å². The van der Waals surface area contributed by atoms with Crippen LogP contribution in [0.5, 0.6) is 0 Å². The lowest BCUT2D eigenvalue weighted by atomic mass is 9.81. The van der Waals surface area contributed by atoms with Gasteiger partial charge in [0.1, 0.15) is 0 Å². The lowest BCUT2D eigenvalue weighted by molar-refractivity contribution is -0.152. The van der Waals surface area contributed by atoms with Crippen molar-refractivity contribution in [2.45, 2.75) is 19.4 Å². The number of piperazine rings is 1. The van der Waals surface area contributed by atoms with E-state index < -0.39 is 11.9 Å². The van der Waals surface area contributed by atoms with E-state index in [0.29, 0.717) is 6.54 Å². The highest BCUT2D eigenvalue weighted by Crippen LogP contribution is 2.49. The van der Waals surface area contributed by atoms with Crippen molar-refractivity contribution >= 4 is 11.9 Å². The minimum absolute atomic E-state index is 0.0502. The maximum Gasteiger partial charge on any atom is 0.307 e. The Morgan fingerprint density at radius 3 is 2.40 bits per heavy atom. The third-order valence-corrected chi connectivity index (χ3v) is 5.14. The lowest BCUT2D eigenvalue weighted by Crippen LogP contribution is -2.55. The molecule has 110 valence electrons. The summed E-state index contributed by atoms with van der Waals surface area (Å²) >= 11 is 0. The average Bonchev–Trinajstić information content (AvgIpc) is 2.97. The maximum atomic E-state index is 12.8. The first-order chi connectivity index (χ1) is 9.49. The summed E-state index contributed by atoms with van der Waals surface area (Å²) in [5.74, 6) is -1.47. The Bertz CT molecular complexity index is 462. The van der Waals surface area contributed by atoms with Gasteiger partial charge in [-0.3, -0.25) is 9.59 Å². The first kappa shape index (κ1) is 13.6. The van der Waals surface area contributed by atoms with E-state index in [9.17, 15) is 14.7 Å². The quantitative estimate of drug-likeness (QED) is 0.754. The van der Waals surface area contributed by atoms with Gasteiger partial charge in [0.2, 0.25) is 5.91 Å². The van der Waals surface area contributed by atoms with E-state index in [-0.39, 0.29) is 29.7 Å². The first-order valence-electron chi connectivity index (χ1n) is 7.39. The van der Waals surface area contributed by atoms with Gasteiger partial charge in [0.25, 0.3) is 0 Å². The fourth-order valence-electron chi connectivity index (χ4n) is 4.15. The zero-order valence-electron chi connectivity index (χ0n) is 12.0. The van der Waals surface area contributed by atoms with Crippen LogP contribution in [-0.2, 0) is 9.59 Å². The maximum absolute atomic E-state index is 12.8. The van der Waals surface area contributed by atoms with Gasteiger partial charge in [0.15, 0.2) is 0 Å². The second kappa shape index (κ2) is 4.88. The van der Waals surface area contributed by atoms with Gasteiger partial charge in [0.05, 0.1) is 11.8 Å². The molecule has 5 nitrogen and oxygen atoms in total. The fraction of sp³-hybridized carbons (Fsp3) is 0.733. The Kier molecular flexibility index (Phi) is 3.32. The molecule has 1 amide bonds. The van der Waals surface area contributed by atoms with E-state index in [1.165, 1.54) is 0 Å². The molecule has 0 aromatic rings. The summed E-state index contributed by atoms with van der Waals surface area (Å²) in [6, 6.07) is 0.166. The molecule has 5 atom stereocenters. The van der Waals surface area contributed by atoms with Crippen molar-refractivity contribution in [3.05, 3.63) is 12.2 Å². The number of aliphatic carboxylic acids is 1. The van der Waals surface area contributed by atoms with Gasteiger partial charge in [-0.2, -0.15) is 0 Å². The molecule has 3 aliphatic rings. The molecule has 0 aromatic carbocycles. The van der Waals surface area contributed by atoms with Crippen molar-refractivity contribution in [2.24, 2.45) is 23.7 Å². The molecule has 1 heterocycles. The Hall–Kier alpha value is -1.36. The van der Waals surface area contributed by atoms with Crippen LogP contribution in [0.4, 0.5) is 0 Å². The molecule has 0 aromatic heterocycles. The molecule has 2 aliphatic carbocycles. The summed E-state index contributed by atoms with van der Waals surface area (Å²) in [4.78, 5) is 28.5. The molecule has 5 heteroatoms. The van der Waals surface area contributed by atoms with Crippen LogP contribution >= 0.6 is 0 Å². The van der Waals surface area contributed by atoms with Crippen molar-refractivity contribution in [1.29, 1.82) is 0 Å². The van der Waals surface area contributed by atoms with Crippen LogP contribution < -0.4 is 0 Å². The number of amides is 1. The van der Waals surface area contributed by atoms with Crippen LogP contribution in [-0.4, -0.2) is 59.5 Å². The minimum Gasteiger partial charge on any atom is -0.481 e. The molecular weight excluding hydrogens is 256 g/mol. The normalized spacial score (nSPS) is 40.3. The number of carbonyl (C=O) groups is 2. The van der Waals surface area contributed by atoms with Gasteiger partial charge in [-0.05, 0) is 32.2 Å². The van der Waals surface area contributed by atoms with Crippen LogP contribution in [0.3, 0.4) is 0 Å². The Morgan fingerprint density at radius 1 is 1.15 bits per heavy atom. The number of hydrogen-bond donors (Lipinski definition) is 1. The smallest absolute Gasteiger partial charge is 0.307 e. The summed E-state index contributed by atoms with van der Waals surface area (Å²) in [6.45, 7) is 4.48. The predicted molar refractivity (Wildman–Crippen MR) is 74.0 cm³/mol. The molecule has 3 unspecified atom stereocenters. The van der Waals surface area contributed by atoms with E-state index in [1.54, 1.807) is 0 Å². The van der Waals surface area contributed by atoms with Crippen molar-refractivity contribution in [3.63, 3.8) is 0 Å². The lowest BCUT2D eigenvalue weighted by Gasteiger charge is -2.41. The zero-order valence-corrected chi connectivity index (χ0v) is 12.0. The second-order valence-electron chi connectivity index (χ2n) is 6.48. The zero-order chi connectivity index (χ0) is 14.4. The van der Waals surface area contributed by atoms with E-state index in [4.69, 9.17) is 0 Å². The van der Waals surface area contributed by atoms with Crippen molar-refractivity contribution in [3.8, 4) is 0 Å². The number of allylic oxidation sites excluding steroid dienone is 2. The van der Waals surface area contributed by atoms with Crippen LogP contribution in [0, 0.1) is 23.7 Å². The van der Waals surface area contributed by atoms with Crippen molar-refractivity contribution in [2.75, 3.05) is 26.7 Å².